The molecule has 0 spiro atoms. The Morgan fingerprint density at radius 1 is 0.310 bits per heavy atom. The molecule has 0 unspecified atom stereocenters. The first-order valence-corrected chi connectivity index (χ1v) is 9.06. The smallest absolute Gasteiger partial charge is 0.656 e. The van der Waals surface area contributed by atoms with Crippen LogP contribution in [0.4, 0.5) is 0 Å². The summed E-state index contributed by atoms with van der Waals surface area (Å²) in [6.45, 7) is 34.0. The molecule has 0 aromatic rings. The fourth-order valence-corrected chi connectivity index (χ4v) is 1.03. The quantitative estimate of drug-likeness (QED) is 0.144. The Morgan fingerprint density at radius 2 is 0.414 bits per heavy atom. The van der Waals surface area contributed by atoms with Crippen LogP contribution in [0, 0.1) is 0 Å². The van der Waals surface area contributed by atoms with Crippen molar-refractivity contribution in [3.63, 3.8) is 0 Å². The Labute approximate surface area is 196 Å². The summed E-state index contributed by atoms with van der Waals surface area (Å²) in [7, 11) is 0. The van der Waals surface area contributed by atoms with Gasteiger partial charge in [-0.1, -0.05) is 0 Å². The third-order valence-electron chi connectivity index (χ3n) is 2.07. The van der Waals surface area contributed by atoms with Gasteiger partial charge in [0.15, 0.2) is 0 Å². The second-order valence-corrected chi connectivity index (χ2v) is 4.66. The van der Waals surface area contributed by atoms with Crippen LogP contribution in [0.1, 0.15) is 0 Å². The van der Waals surface area contributed by atoms with Crippen molar-refractivity contribution >= 4 is 0 Å². The summed E-state index contributed by atoms with van der Waals surface area (Å²) in [6, 6.07) is 0. The molecule has 0 rings (SSSR count). The van der Waals surface area contributed by atoms with Crippen LogP contribution in [0.25, 0.3) is 21.3 Å². The van der Waals surface area contributed by atoms with E-state index in [1.54, 1.807) is 48.6 Å². The van der Waals surface area contributed by atoms with E-state index in [4.69, 9.17) is 0 Å². The van der Waals surface area contributed by atoms with Gasteiger partial charge in [-0.2, -0.15) is 0 Å². The molecule has 0 aliphatic carbocycles. The Morgan fingerprint density at radius 3 is 0.483 bits per heavy atom. The van der Waals surface area contributed by atoms with Crippen molar-refractivity contribution in [1.29, 1.82) is 0 Å². The number of hydrogen-bond donors (Lipinski definition) is 0. The molecule has 4 nitrogen and oxygen atoms in total. The van der Waals surface area contributed by atoms with Crippen molar-refractivity contribution in [1.82, 2.24) is 0 Å². The normalized spacial score (nSPS) is 7.72. The van der Waals surface area contributed by atoms with Gasteiger partial charge in [-0.15, -0.1) is 154 Å². The molecule has 5 heteroatoms. The van der Waals surface area contributed by atoms with E-state index in [9.17, 15) is 0 Å². The molecule has 0 saturated carbocycles. The molecule has 0 bridgehead atoms. The number of rotatable bonds is 16. The second-order valence-electron chi connectivity index (χ2n) is 4.66. The SMILES string of the molecule is C=CC[N-]CC=C.C=CC[N-]CC=C.C=CC[N-]CC=C.C=CC[N-]CC=C.[Ti+4]. The average molecular weight is 432 g/mol. The molecule has 160 valence electrons. The minimum atomic E-state index is 0. The van der Waals surface area contributed by atoms with E-state index in [0.29, 0.717) is 0 Å². The van der Waals surface area contributed by atoms with E-state index in [0.717, 1.165) is 52.4 Å². The first kappa shape index (κ1) is 38.1. The molecule has 0 heterocycles. The Balaban J connectivity index is -0.0000000873. The van der Waals surface area contributed by atoms with Gasteiger partial charge in [-0.3, -0.25) is 0 Å². The largest absolute Gasteiger partial charge is 4.00 e. The molecule has 0 aliphatic rings. The summed E-state index contributed by atoms with van der Waals surface area (Å²) in [5.74, 6) is 0. The van der Waals surface area contributed by atoms with Gasteiger partial charge in [-0.25, -0.2) is 0 Å². The van der Waals surface area contributed by atoms with Crippen LogP contribution in [0.2, 0.25) is 0 Å². The average Bonchev–Trinajstić information content (AvgIpc) is 2.71. The topological polar surface area (TPSA) is 56.4 Å². The summed E-state index contributed by atoms with van der Waals surface area (Å²) < 4.78 is 0. The summed E-state index contributed by atoms with van der Waals surface area (Å²) in [5.41, 5.74) is 0. The van der Waals surface area contributed by atoms with Gasteiger partial charge in [-0.05, 0) is 0 Å². The van der Waals surface area contributed by atoms with Crippen LogP contribution >= 0.6 is 0 Å². The predicted molar refractivity (Wildman–Crippen MR) is 134 cm³/mol. The third-order valence-corrected chi connectivity index (χ3v) is 2.07. The van der Waals surface area contributed by atoms with Crippen LogP contribution < -0.4 is 0 Å². The third kappa shape index (κ3) is 75.7. The van der Waals surface area contributed by atoms with Crippen LogP contribution in [-0.4, -0.2) is 52.4 Å². The molecule has 0 amide bonds. The molecule has 0 radical (unpaired) electrons. The van der Waals surface area contributed by atoms with Crippen molar-refractivity contribution in [2.24, 2.45) is 0 Å². The van der Waals surface area contributed by atoms with E-state index < -0.39 is 0 Å². The summed E-state index contributed by atoms with van der Waals surface area (Å²) in [6.07, 6.45) is 14.1. The van der Waals surface area contributed by atoms with Crippen molar-refractivity contribution in [2.75, 3.05) is 52.4 Å². The molecule has 0 aromatic carbocycles. The van der Waals surface area contributed by atoms with Gasteiger partial charge in [0, 0.05) is 0 Å². The monoisotopic (exact) mass is 432 g/mol. The van der Waals surface area contributed by atoms with Crippen molar-refractivity contribution < 1.29 is 21.7 Å². The standard InChI is InChI=1S/4C6H10N.Ti/c4*1-3-5-7-6-4-2;/h4*3-4H,1-2,5-6H2;/q4*-1;+4. The second kappa shape index (κ2) is 50.3. The first-order chi connectivity index (χ1) is 13.7. The molecule has 29 heavy (non-hydrogen) atoms. The minimum absolute atomic E-state index is 0. The number of hydrogen-bond acceptors (Lipinski definition) is 0. The predicted octanol–water partition coefficient (Wildman–Crippen LogP) is 6.93. The molecule has 0 N–H and O–H groups in total. The molecular formula is C24H40N4Ti. The van der Waals surface area contributed by atoms with Crippen molar-refractivity contribution in [3.8, 4) is 0 Å². The number of nitrogens with zero attached hydrogens (tertiary/aromatic N) is 4. The fourth-order valence-electron chi connectivity index (χ4n) is 1.03. The summed E-state index contributed by atoms with van der Waals surface area (Å²) in [4.78, 5) is 0. The van der Waals surface area contributed by atoms with Gasteiger partial charge in [0.05, 0.1) is 0 Å². The van der Waals surface area contributed by atoms with E-state index in [-0.39, 0.29) is 21.7 Å². The van der Waals surface area contributed by atoms with Gasteiger partial charge in [0.25, 0.3) is 0 Å². The van der Waals surface area contributed by atoms with E-state index >= 15 is 0 Å². The Hall–Kier alpha value is -1.53. The van der Waals surface area contributed by atoms with Gasteiger partial charge >= 0.3 is 21.7 Å². The molecular weight excluding hydrogens is 392 g/mol. The summed E-state index contributed by atoms with van der Waals surface area (Å²) in [5, 5.41) is 15.9. The summed E-state index contributed by atoms with van der Waals surface area (Å²) >= 11 is 0. The van der Waals surface area contributed by atoms with Gasteiger partial charge in [0.2, 0.25) is 0 Å². The molecule has 0 saturated heterocycles. The van der Waals surface area contributed by atoms with Gasteiger partial charge < -0.3 is 21.3 Å². The van der Waals surface area contributed by atoms with Crippen LogP contribution in [0.15, 0.2) is 101 Å². The maximum absolute atomic E-state index is 3.97. The van der Waals surface area contributed by atoms with Crippen molar-refractivity contribution in [3.05, 3.63) is 123 Å². The van der Waals surface area contributed by atoms with Crippen LogP contribution in [0.3, 0.4) is 0 Å². The zero-order valence-electron chi connectivity index (χ0n) is 18.2. The Bertz CT molecular complexity index is 275. The maximum atomic E-state index is 3.97. The molecule has 0 aromatic heterocycles. The molecule has 0 fully saturated rings. The van der Waals surface area contributed by atoms with Gasteiger partial charge in [0.1, 0.15) is 0 Å². The maximum Gasteiger partial charge on any atom is 4.00 e. The Kier molecular flexibility index (Phi) is 66.2. The van der Waals surface area contributed by atoms with Crippen LogP contribution in [-0.2, 0) is 21.7 Å². The molecule has 0 atom stereocenters. The zero-order chi connectivity index (χ0) is 22.1. The van der Waals surface area contributed by atoms with Crippen molar-refractivity contribution in [2.45, 2.75) is 0 Å². The van der Waals surface area contributed by atoms with Crippen LogP contribution in [0.5, 0.6) is 0 Å². The van der Waals surface area contributed by atoms with E-state index in [1.807, 2.05) is 0 Å². The zero-order valence-corrected chi connectivity index (χ0v) is 19.8. The minimum Gasteiger partial charge on any atom is -0.656 e. The first-order valence-electron chi connectivity index (χ1n) is 9.06. The molecule has 0 aliphatic heterocycles. The van der Waals surface area contributed by atoms with E-state index in [1.165, 1.54) is 0 Å². The fraction of sp³-hybridized carbons (Fsp3) is 0.333. The van der Waals surface area contributed by atoms with E-state index in [2.05, 4.69) is 73.9 Å².